The van der Waals surface area contributed by atoms with Gasteiger partial charge in [-0.3, -0.25) is 9.10 Å². The average Bonchev–Trinajstić information content (AvgIpc) is 2.89. The lowest BCUT2D eigenvalue weighted by molar-refractivity contribution is -0.120. The Hall–Kier alpha value is -3.61. The van der Waals surface area contributed by atoms with Crippen LogP contribution in [0.3, 0.4) is 0 Å². The number of halogens is 1. The Bertz CT molecular complexity index is 1440. The van der Waals surface area contributed by atoms with Crippen LogP contribution in [0.15, 0.2) is 108 Å². The van der Waals surface area contributed by atoms with Gasteiger partial charge in [-0.2, -0.15) is 0 Å². The smallest absolute Gasteiger partial charge is 0.264 e. The Labute approximate surface area is 217 Å². The Morgan fingerprint density at radius 2 is 1.39 bits per heavy atom. The van der Waals surface area contributed by atoms with Gasteiger partial charge in [0.2, 0.25) is 5.91 Å². The number of carbonyl (C=O) groups excluding carboxylic acids is 1. The quantitative estimate of drug-likeness (QED) is 0.308. The van der Waals surface area contributed by atoms with E-state index in [4.69, 9.17) is 11.6 Å². The summed E-state index contributed by atoms with van der Waals surface area (Å²) in [5, 5.41) is 3.47. The molecule has 4 aromatic rings. The maximum absolute atomic E-state index is 13.7. The molecule has 4 rings (SSSR count). The molecule has 4 aromatic carbocycles. The van der Waals surface area contributed by atoms with E-state index in [0.717, 1.165) is 21.0 Å². The fourth-order valence-electron chi connectivity index (χ4n) is 3.99. The number of anilines is 1. The molecule has 0 aromatic heterocycles. The highest BCUT2D eigenvalue weighted by atomic mass is 35.5. The van der Waals surface area contributed by atoms with E-state index in [9.17, 15) is 13.2 Å². The summed E-state index contributed by atoms with van der Waals surface area (Å²) in [6.45, 7) is 3.33. The molecule has 1 N–H and O–H groups in total. The van der Waals surface area contributed by atoms with Gasteiger partial charge in [-0.15, -0.1) is 0 Å². The minimum absolute atomic E-state index is 0.0929. The van der Waals surface area contributed by atoms with Gasteiger partial charge < -0.3 is 5.32 Å². The Morgan fingerprint density at radius 1 is 0.806 bits per heavy atom. The summed E-state index contributed by atoms with van der Waals surface area (Å²) < 4.78 is 28.5. The van der Waals surface area contributed by atoms with E-state index in [0.29, 0.717) is 16.3 Å². The van der Waals surface area contributed by atoms with Crippen molar-refractivity contribution in [2.45, 2.75) is 24.8 Å². The van der Waals surface area contributed by atoms with Gasteiger partial charge in [0, 0.05) is 5.02 Å². The van der Waals surface area contributed by atoms with E-state index in [-0.39, 0.29) is 4.90 Å². The molecule has 0 aliphatic carbocycles. The molecule has 0 saturated carbocycles. The molecule has 184 valence electrons. The van der Waals surface area contributed by atoms with Crippen LogP contribution >= 0.6 is 11.6 Å². The summed E-state index contributed by atoms with van der Waals surface area (Å²) in [4.78, 5) is 13.6. The molecule has 36 heavy (non-hydrogen) atoms. The number of nitrogens with one attached hydrogen (secondary N) is 1. The summed E-state index contributed by atoms with van der Waals surface area (Å²) in [5.74, 6) is -0.441. The van der Waals surface area contributed by atoms with Crippen LogP contribution in [0.2, 0.25) is 5.02 Å². The highest BCUT2D eigenvalue weighted by molar-refractivity contribution is 7.92. The Kier molecular flexibility index (Phi) is 7.77. The molecular weight excluding hydrogens is 492 g/mol. The van der Waals surface area contributed by atoms with Gasteiger partial charge in [0.25, 0.3) is 10.0 Å². The average molecular weight is 519 g/mol. The number of amides is 1. The van der Waals surface area contributed by atoms with Crippen molar-refractivity contribution in [3.05, 3.63) is 130 Å². The van der Waals surface area contributed by atoms with Crippen molar-refractivity contribution in [3.8, 4) is 0 Å². The topological polar surface area (TPSA) is 66.5 Å². The minimum Gasteiger partial charge on any atom is -0.344 e. The molecule has 1 amide bonds. The lowest BCUT2D eigenvalue weighted by atomic mass is 9.98. The van der Waals surface area contributed by atoms with E-state index in [2.05, 4.69) is 5.32 Å². The molecule has 0 bridgehead atoms. The molecular formula is C29H27ClN2O3S. The lowest BCUT2D eigenvalue weighted by Crippen LogP contribution is -2.42. The molecule has 0 heterocycles. The third-order valence-corrected chi connectivity index (χ3v) is 8.16. The minimum atomic E-state index is -4.05. The van der Waals surface area contributed by atoms with Crippen molar-refractivity contribution in [3.63, 3.8) is 0 Å². The van der Waals surface area contributed by atoms with Crippen LogP contribution in [0.1, 0.15) is 28.3 Å². The van der Waals surface area contributed by atoms with Crippen molar-refractivity contribution in [2.75, 3.05) is 10.8 Å². The maximum atomic E-state index is 13.7. The first-order chi connectivity index (χ1) is 17.3. The molecule has 0 aliphatic heterocycles. The second-order valence-corrected chi connectivity index (χ2v) is 10.8. The number of rotatable bonds is 8. The SMILES string of the molecule is Cc1ccc([C@H](NC(=O)CN(c2cccc(Cl)c2C)S(=O)(=O)c2ccccc2)c2ccccc2)cc1. The zero-order valence-electron chi connectivity index (χ0n) is 20.1. The van der Waals surface area contributed by atoms with E-state index < -0.39 is 28.5 Å². The second kappa shape index (κ2) is 11.0. The van der Waals surface area contributed by atoms with Gasteiger partial charge in [-0.1, -0.05) is 96.0 Å². The molecule has 1 atom stereocenters. The highest BCUT2D eigenvalue weighted by Crippen LogP contribution is 2.31. The molecule has 7 heteroatoms. The monoisotopic (exact) mass is 518 g/mol. The fourth-order valence-corrected chi connectivity index (χ4v) is 5.66. The van der Waals surface area contributed by atoms with Crippen molar-refractivity contribution in [2.24, 2.45) is 0 Å². The number of hydrogen-bond donors (Lipinski definition) is 1. The van der Waals surface area contributed by atoms with Crippen molar-refractivity contribution in [1.82, 2.24) is 5.32 Å². The third-order valence-electron chi connectivity index (χ3n) is 5.98. The molecule has 0 saturated heterocycles. The summed E-state index contributed by atoms with van der Waals surface area (Å²) in [6, 6.07) is 30.1. The summed E-state index contributed by atoms with van der Waals surface area (Å²) in [6.07, 6.45) is 0. The first kappa shape index (κ1) is 25.5. The predicted molar refractivity (Wildman–Crippen MR) is 145 cm³/mol. The number of hydrogen-bond acceptors (Lipinski definition) is 3. The van der Waals surface area contributed by atoms with E-state index >= 15 is 0 Å². The summed E-state index contributed by atoms with van der Waals surface area (Å²) in [5.41, 5.74) is 3.83. The highest BCUT2D eigenvalue weighted by Gasteiger charge is 2.29. The van der Waals surface area contributed by atoms with E-state index in [1.807, 2.05) is 61.5 Å². The van der Waals surface area contributed by atoms with Crippen molar-refractivity contribution >= 4 is 33.2 Å². The second-order valence-electron chi connectivity index (χ2n) is 8.53. The van der Waals surface area contributed by atoms with Crippen LogP contribution in [0.5, 0.6) is 0 Å². The van der Waals surface area contributed by atoms with Gasteiger partial charge >= 0.3 is 0 Å². The molecule has 0 radical (unpaired) electrons. The van der Waals surface area contributed by atoms with Crippen LogP contribution in [-0.4, -0.2) is 20.9 Å². The first-order valence-corrected chi connectivity index (χ1v) is 13.3. The Balaban J connectivity index is 1.71. The van der Waals surface area contributed by atoms with Crippen LogP contribution in [-0.2, 0) is 14.8 Å². The van der Waals surface area contributed by atoms with Crippen LogP contribution in [0.25, 0.3) is 0 Å². The van der Waals surface area contributed by atoms with Crippen LogP contribution in [0, 0.1) is 13.8 Å². The number of carbonyl (C=O) groups is 1. The van der Waals surface area contributed by atoms with Gasteiger partial charge in [-0.25, -0.2) is 8.42 Å². The standard InChI is InChI=1S/C29H27ClN2O3S/c1-21-16-18-24(19-17-21)29(23-10-5-3-6-11-23)31-28(33)20-32(27-15-9-14-26(30)22(27)2)36(34,35)25-12-7-4-8-13-25/h3-19,29H,20H2,1-2H3,(H,31,33)/t29-/m1/s1. The summed E-state index contributed by atoms with van der Waals surface area (Å²) in [7, 11) is -4.05. The summed E-state index contributed by atoms with van der Waals surface area (Å²) >= 11 is 6.33. The largest absolute Gasteiger partial charge is 0.344 e. The van der Waals surface area contributed by atoms with Crippen molar-refractivity contribution in [1.29, 1.82) is 0 Å². The third kappa shape index (κ3) is 5.61. The number of benzene rings is 4. The van der Waals surface area contributed by atoms with Crippen LogP contribution in [0.4, 0.5) is 5.69 Å². The van der Waals surface area contributed by atoms with Crippen molar-refractivity contribution < 1.29 is 13.2 Å². The normalized spacial score (nSPS) is 12.1. The zero-order valence-corrected chi connectivity index (χ0v) is 21.6. The van der Waals surface area contributed by atoms with Gasteiger partial charge in [0.15, 0.2) is 0 Å². The van der Waals surface area contributed by atoms with E-state index in [1.54, 1.807) is 43.3 Å². The maximum Gasteiger partial charge on any atom is 0.264 e. The molecule has 0 unspecified atom stereocenters. The lowest BCUT2D eigenvalue weighted by Gasteiger charge is -2.27. The molecule has 0 fully saturated rings. The molecule has 0 spiro atoms. The molecule has 5 nitrogen and oxygen atoms in total. The number of sulfonamides is 1. The zero-order chi connectivity index (χ0) is 25.7. The number of nitrogens with zero attached hydrogens (tertiary/aromatic N) is 1. The van der Waals surface area contributed by atoms with Gasteiger partial charge in [-0.05, 0) is 54.8 Å². The number of aryl methyl sites for hydroxylation is 1. The predicted octanol–water partition coefficient (Wildman–Crippen LogP) is 6.06. The van der Waals surface area contributed by atoms with Gasteiger partial charge in [0.1, 0.15) is 6.54 Å². The molecule has 0 aliphatic rings. The van der Waals surface area contributed by atoms with E-state index in [1.165, 1.54) is 12.1 Å². The van der Waals surface area contributed by atoms with Gasteiger partial charge in [0.05, 0.1) is 16.6 Å². The first-order valence-electron chi connectivity index (χ1n) is 11.5. The van der Waals surface area contributed by atoms with Crippen LogP contribution < -0.4 is 9.62 Å². The fraction of sp³-hybridized carbons (Fsp3) is 0.138. The Morgan fingerprint density at radius 3 is 2.03 bits per heavy atom.